The van der Waals surface area contributed by atoms with Crippen LogP contribution in [0, 0.1) is 5.92 Å². The van der Waals surface area contributed by atoms with Crippen LogP contribution in [0.4, 0.5) is 0 Å². The summed E-state index contributed by atoms with van der Waals surface area (Å²) in [5.41, 5.74) is 0. The highest BCUT2D eigenvalue weighted by molar-refractivity contribution is 8.00. The van der Waals surface area contributed by atoms with Crippen molar-refractivity contribution in [2.24, 2.45) is 5.92 Å². The third-order valence-corrected chi connectivity index (χ3v) is 3.35. The number of hydrogen-bond acceptors (Lipinski definition) is 2. The van der Waals surface area contributed by atoms with Crippen molar-refractivity contribution in [3.8, 4) is 0 Å². The molecule has 0 rings (SSSR count). The highest BCUT2D eigenvalue weighted by Crippen LogP contribution is 2.25. The Morgan fingerprint density at radius 1 is 1.33 bits per heavy atom. The SMILES string of the molecule is CCSC(C(=O)O)C(CC)CC. The van der Waals surface area contributed by atoms with Crippen molar-refractivity contribution in [3.05, 3.63) is 0 Å². The van der Waals surface area contributed by atoms with Crippen LogP contribution in [0.25, 0.3) is 0 Å². The number of carboxylic acid groups (broad SMARTS) is 1. The van der Waals surface area contributed by atoms with E-state index >= 15 is 0 Å². The van der Waals surface area contributed by atoms with Crippen molar-refractivity contribution in [2.45, 2.75) is 38.9 Å². The summed E-state index contributed by atoms with van der Waals surface area (Å²) in [6, 6.07) is 0. The van der Waals surface area contributed by atoms with Crippen LogP contribution in [-0.2, 0) is 4.79 Å². The number of hydrogen-bond donors (Lipinski definition) is 1. The molecule has 0 radical (unpaired) electrons. The van der Waals surface area contributed by atoms with Gasteiger partial charge in [-0.3, -0.25) is 4.79 Å². The summed E-state index contributed by atoms with van der Waals surface area (Å²) in [6.45, 7) is 6.11. The highest BCUT2D eigenvalue weighted by atomic mass is 32.2. The Hall–Kier alpha value is -0.180. The molecule has 0 fully saturated rings. The van der Waals surface area contributed by atoms with Gasteiger partial charge in [-0.1, -0.05) is 33.6 Å². The van der Waals surface area contributed by atoms with Gasteiger partial charge in [-0.15, -0.1) is 11.8 Å². The monoisotopic (exact) mass is 190 g/mol. The van der Waals surface area contributed by atoms with Gasteiger partial charge in [-0.25, -0.2) is 0 Å². The molecule has 12 heavy (non-hydrogen) atoms. The quantitative estimate of drug-likeness (QED) is 0.699. The lowest BCUT2D eigenvalue weighted by atomic mass is 9.99. The fourth-order valence-corrected chi connectivity index (χ4v) is 2.46. The number of aliphatic carboxylic acids is 1. The van der Waals surface area contributed by atoms with Crippen LogP contribution in [0.3, 0.4) is 0 Å². The van der Waals surface area contributed by atoms with Crippen molar-refractivity contribution in [2.75, 3.05) is 5.75 Å². The Bertz CT molecular complexity index is 132. The van der Waals surface area contributed by atoms with Crippen molar-refractivity contribution < 1.29 is 9.90 Å². The Labute approximate surface area is 78.7 Å². The van der Waals surface area contributed by atoms with Gasteiger partial charge >= 0.3 is 5.97 Å². The maximum absolute atomic E-state index is 10.8. The Kier molecular flexibility index (Phi) is 6.25. The minimum Gasteiger partial charge on any atom is -0.480 e. The van der Waals surface area contributed by atoms with Crippen LogP contribution in [0.1, 0.15) is 33.6 Å². The summed E-state index contributed by atoms with van der Waals surface area (Å²) in [5, 5.41) is 8.71. The predicted octanol–water partition coefficient (Wildman–Crippen LogP) is 2.63. The maximum Gasteiger partial charge on any atom is 0.316 e. The van der Waals surface area contributed by atoms with Crippen LogP contribution in [0.15, 0.2) is 0 Å². The summed E-state index contributed by atoms with van der Waals surface area (Å²) in [4.78, 5) is 10.8. The number of thioether (sulfide) groups is 1. The fraction of sp³-hybridized carbons (Fsp3) is 0.889. The van der Waals surface area contributed by atoms with Gasteiger partial charge in [0.2, 0.25) is 0 Å². The zero-order valence-electron chi connectivity index (χ0n) is 8.04. The molecular formula is C9H18O2S. The second-order valence-electron chi connectivity index (χ2n) is 2.79. The zero-order valence-corrected chi connectivity index (χ0v) is 8.86. The molecule has 2 nitrogen and oxygen atoms in total. The number of carboxylic acids is 1. The van der Waals surface area contributed by atoms with Gasteiger partial charge < -0.3 is 5.11 Å². The van der Waals surface area contributed by atoms with Gasteiger partial charge in [0, 0.05) is 0 Å². The third-order valence-electron chi connectivity index (χ3n) is 2.07. The van der Waals surface area contributed by atoms with Gasteiger partial charge in [-0.2, -0.15) is 0 Å². The minimum atomic E-state index is -0.657. The van der Waals surface area contributed by atoms with E-state index in [1.54, 1.807) is 11.8 Å². The molecule has 1 atom stereocenters. The van der Waals surface area contributed by atoms with Gasteiger partial charge in [-0.05, 0) is 11.7 Å². The fourth-order valence-electron chi connectivity index (χ4n) is 1.31. The van der Waals surface area contributed by atoms with E-state index in [1.165, 1.54) is 0 Å². The molecule has 0 saturated carbocycles. The molecule has 0 aliphatic heterocycles. The van der Waals surface area contributed by atoms with E-state index < -0.39 is 5.97 Å². The summed E-state index contributed by atoms with van der Waals surface area (Å²) >= 11 is 1.54. The molecular weight excluding hydrogens is 172 g/mol. The van der Waals surface area contributed by atoms with Crippen LogP contribution in [0.2, 0.25) is 0 Å². The standard InChI is InChI=1S/C9H18O2S/c1-4-7(5-2)8(9(10)11)12-6-3/h7-8H,4-6H2,1-3H3,(H,10,11). The lowest BCUT2D eigenvalue weighted by Gasteiger charge is -2.19. The molecule has 0 aliphatic rings. The molecule has 0 aliphatic carbocycles. The first kappa shape index (κ1) is 11.8. The maximum atomic E-state index is 10.8. The molecule has 0 bridgehead atoms. The second kappa shape index (κ2) is 6.35. The first-order chi connectivity index (χ1) is 5.67. The molecule has 0 heterocycles. The summed E-state index contributed by atoms with van der Waals surface area (Å²) in [6.07, 6.45) is 1.92. The van der Waals surface area contributed by atoms with E-state index in [1.807, 2.05) is 6.92 Å². The summed E-state index contributed by atoms with van der Waals surface area (Å²) in [5.74, 6) is 0.552. The van der Waals surface area contributed by atoms with E-state index in [2.05, 4.69) is 13.8 Å². The molecule has 0 amide bonds. The zero-order chi connectivity index (χ0) is 9.56. The van der Waals surface area contributed by atoms with Crippen molar-refractivity contribution >= 4 is 17.7 Å². The average Bonchev–Trinajstić information content (AvgIpc) is 2.05. The van der Waals surface area contributed by atoms with Crippen LogP contribution < -0.4 is 0 Å². The number of carbonyl (C=O) groups is 1. The van der Waals surface area contributed by atoms with Gasteiger partial charge in [0.1, 0.15) is 5.25 Å². The lowest BCUT2D eigenvalue weighted by Crippen LogP contribution is -2.25. The van der Waals surface area contributed by atoms with Crippen LogP contribution in [0.5, 0.6) is 0 Å². The molecule has 72 valence electrons. The predicted molar refractivity (Wildman–Crippen MR) is 53.6 cm³/mol. The Morgan fingerprint density at radius 3 is 2.08 bits per heavy atom. The van der Waals surface area contributed by atoms with E-state index in [9.17, 15) is 4.79 Å². The molecule has 0 aromatic carbocycles. The van der Waals surface area contributed by atoms with E-state index in [0.29, 0.717) is 5.92 Å². The molecule has 0 aromatic heterocycles. The van der Waals surface area contributed by atoms with Crippen molar-refractivity contribution in [1.29, 1.82) is 0 Å². The van der Waals surface area contributed by atoms with Gasteiger partial charge in [0.25, 0.3) is 0 Å². The van der Waals surface area contributed by atoms with E-state index in [4.69, 9.17) is 5.11 Å². The average molecular weight is 190 g/mol. The lowest BCUT2D eigenvalue weighted by molar-refractivity contribution is -0.137. The minimum absolute atomic E-state index is 0.204. The van der Waals surface area contributed by atoms with Gasteiger partial charge in [0.05, 0.1) is 0 Å². The van der Waals surface area contributed by atoms with Crippen LogP contribution in [-0.4, -0.2) is 22.1 Å². The smallest absolute Gasteiger partial charge is 0.316 e. The molecule has 0 aromatic rings. The number of rotatable bonds is 6. The second-order valence-corrected chi connectivity index (χ2v) is 4.21. The van der Waals surface area contributed by atoms with E-state index in [0.717, 1.165) is 18.6 Å². The molecule has 0 saturated heterocycles. The molecule has 1 N–H and O–H groups in total. The third kappa shape index (κ3) is 3.48. The summed E-state index contributed by atoms with van der Waals surface area (Å²) < 4.78 is 0. The summed E-state index contributed by atoms with van der Waals surface area (Å²) in [7, 11) is 0. The first-order valence-corrected chi connectivity index (χ1v) is 5.56. The molecule has 0 spiro atoms. The Morgan fingerprint density at radius 2 is 1.83 bits per heavy atom. The van der Waals surface area contributed by atoms with Crippen molar-refractivity contribution in [3.63, 3.8) is 0 Å². The normalized spacial score (nSPS) is 13.3. The first-order valence-electron chi connectivity index (χ1n) is 4.51. The molecule has 1 unspecified atom stereocenters. The van der Waals surface area contributed by atoms with E-state index in [-0.39, 0.29) is 5.25 Å². The highest BCUT2D eigenvalue weighted by Gasteiger charge is 2.24. The largest absolute Gasteiger partial charge is 0.480 e. The van der Waals surface area contributed by atoms with Crippen molar-refractivity contribution in [1.82, 2.24) is 0 Å². The van der Waals surface area contributed by atoms with Gasteiger partial charge in [0.15, 0.2) is 0 Å². The molecule has 3 heteroatoms. The Balaban J connectivity index is 4.15. The topological polar surface area (TPSA) is 37.3 Å². The van der Waals surface area contributed by atoms with Crippen LogP contribution >= 0.6 is 11.8 Å².